The molecule has 0 aliphatic heterocycles. The lowest BCUT2D eigenvalue weighted by Crippen LogP contribution is -2.15. The maximum absolute atomic E-state index is 11.3. The number of hydrogen-bond donors (Lipinski definition) is 1. The zero-order valence-electron chi connectivity index (χ0n) is 7.86. The molecule has 0 amide bonds. The quantitative estimate of drug-likeness (QED) is 0.290. The predicted molar refractivity (Wildman–Crippen MR) is 121 cm³/mol. The minimum atomic E-state index is -0.871. The fourth-order valence-corrected chi connectivity index (χ4v) is 4.36. The number of carboxylic acid groups (broad SMARTS) is 1. The van der Waals surface area contributed by atoms with Crippen molar-refractivity contribution in [3.8, 4) is 0 Å². The molecule has 0 aliphatic carbocycles. The third-order valence-electron chi connectivity index (χ3n) is 1.88. The number of halogens is 6. The van der Waals surface area contributed by atoms with Crippen LogP contribution in [0.15, 0.2) is 18.2 Å². The second kappa shape index (κ2) is 6.89. The average molecular weight is 906 g/mol. The van der Waals surface area contributed by atoms with Gasteiger partial charge >= 0.3 is 5.97 Å². The van der Waals surface area contributed by atoms with Gasteiger partial charge < -0.3 is 5.11 Å². The Hall–Kier alpha value is 3.07. The maximum atomic E-state index is 11.3. The van der Waals surface area contributed by atoms with Crippen molar-refractivity contribution < 1.29 is 9.90 Å². The van der Waals surface area contributed by atoms with Gasteiger partial charge in [0.15, 0.2) is 0 Å². The van der Waals surface area contributed by atoms with E-state index in [-0.39, 0.29) is -1.13 Å². The Kier molecular flexibility index (Phi) is 7.34. The number of carbonyl (C=O) groups is 1. The summed E-state index contributed by atoms with van der Waals surface area (Å²) in [5, 5.41) is 9.30. The van der Waals surface area contributed by atoms with E-state index in [0.717, 1.165) is 11.1 Å². The molecule has 0 saturated carbocycles. The standard InChI is InChI=1S/C9H4I6O2/c10-8(11,12)5-3-1-2-4(7(16)17)6(5)9(13,14)15/h1-3H,(H,16,17). The number of alkyl halides is 6. The molecule has 17 heavy (non-hydrogen) atoms. The van der Waals surface area contributed by atoms with Crippen molar-refractivity contribution in [2.24, 2.45) is 0 Å². The Morgan fingerprint density at radius 2 is 1.53 bits per heavy atom. The van der Waals surface area contributed by atoms with Gasteiger partial charge in [-0.05, 0) is 147 Å². The molecule has 0 radical (unpaired) electrons. The number of benzene rings is 1. The molecule has 1 aromatic rings. The Morgan fingerprint density at radius 1 is 1.00 bits per heavy atom. The van der Waals surface area contributed by atoms with Crippen LogP contribution in [0.2, 0.25) is 0 Å². The molecule has 94 valence electrons. The number of hydrogen-bond acceptors (Lipinski definition) is 1. The van der Waals surface area contributed by atoms with Crippen LogP contribution in [0.3, 0.4) is 0 Å². The van der Waals surface area contributed by atoms with Crippen molar-refractivity contribution in [3.63, 3.8) is 0 Å². The largest absolute Gasteiger partial charge is 0.478 e. The zero-order valence-corrected chi connectivity index (χ0v) is 20.8. The first-order valence-corrected chi connectivity index (χ1v) is 10.5. The summed E-state index contributed by atoms with van der Waals surface area (Å²) in [5.74, 6) is -0.871. The SMILES string of the molecule is O=C(O)c1cccc(C(I)(I)I)c1C(I)(I)I. The monoisotopic (exact) mass is 905 g/mol. The Labute approximate surface area is 181 Å². The molecule has 0 spiro atoms. The van der Waals surface area contributed by atoms with Crippen LogP contribution in [-0.2, 0) is -1.13 Å². The van der Waals surface area contributed by atoms with Crippen molar-refractivity contribution >= 4 is 142 Å². The number of carboxylic acids is 1. The molecule has 1 rings (SSSR count). The number of aromatic carboxylic acids is 1. The lowest BCUT2D eigenvalue weighted by atomic mass is 10.0. The highest BCUT2D eigenvalue weighted by Crippen LogP contribution is 2.55. The molecule has 0 fully saturated rings. The molecular formula is C9H4I6O2. The van der Waals surface area contributed by atoms with Crippen LogP contribution in [0.1, 0.15) is 21.5 Å². The first-order chi connectivity index (χ1) is 7.55. The lowest BCUT2D eigenvalue weighted by Gasteiger charge is -2.24. The van der Waals surface area contributed by atoms with E-state index in [4.69, 9.17) is 0 Å². The van der Waals surface area contributed by atoms with Gasteiger partial charge in [0.25, 0.3) is 0 Å². The highest BCUT2D eigenvalue weighted by Gasteiger charge is 2.35. The van der Waals surface area contributed by atoms with Crippen LogP contribution < -0.4 is 0 Å². The third-order valence-corrected chi connectivity index (χ3v) is 5.25. The van der Waals surface area contributed by atoms with E-state index < -0.39 is 5.97 Å². The Morgan fingerprint density at radius 3 is 1.88 bits per heavy atom. The van der Waals surface area contributed by atoms with Gasteiger partial charge in [0.05, 0.1) is 5.56 Å². The summed E-state index contributed by atoms with van der Waals surface area (Å²) in [6.45, 7) is 0. The van der Waals surface area contributed by atoms with E-state index in [1.54, 1.807) is 6.07 Å². The fourth-order valence-electron chi connectivity index (χ4n) is 1.27. The smallest absolute Gasteiger partial charge is 0.336 e. The predicted octanol–water partition coefficient (Wildman–Crippen LogP) is 6.22. The number of rotatable bonds is 3. The lowest BCUT2D eigenvalue weighted by molar-refractivity contribution is 0.0696. The molecular weight excluding hydrogens is 902 g/mol. The summed E-state index contributed by atoms with van der Waals surface area (Å²) >= 11 is 13.8. The second-order valence-electron chi connectivity index (χ2n) is 3.03. The molecule has 1 N–H and O–H groups in total. The molecule has 0 aromatic heterocycles. The Bertz CT molecular complexity index is 446. The van der Waals surface area contributed by atoms with Crippen molar-refractivity contribution in [2.45, 2.75) is -1.13 Å². The molecule has 0 aliphatic rings. The molecule has 0 unspecified atom stereocenters. The van der Waals surface area contributed by atoms with Crippen LogP contribution in [0.4, 0.5) is 0 Å². The van der Waals surface area contributed by atoms with E-state index in [0.29, 0.717) is 5.56 Å². The third kappa shape index (κ3) is 5.08. The summed E-state index contributed by atoms with van der Waals surface area (Å²) in [5.41, 5.74) is 2.32. The second-order valence-corrected chi connectivity index (χ2v) is 25.1. The molecule has 8 heteroatoms. The van der Waals surface area contributed by atoms with Crippen LogP contribution in [0, 0.1) is 0 Å². The molecule has 1 aromatic carbocycles. The van der Waals surface area contributed by atoms with Crippen molar-refractivity contribution in [2.75, 3.05) is 0 Å². The van der Waals surface area contributed by atoms with Crippen LogP contribution in [-0.4, -0.2) is 11.1 Å². The van der Waals surface area contributed by atoms with Gasteiger partial charge in [0.2, 0.25) is 0 Å². The van der Waals surface area contributed by atoms with Crippen molar-refractivity contribution in [1.29, 1.82) is 0 Å². The van der Waals surface area contributed by atoms with Gasteiger partial charge in [-0.2, -0.15) is 0 Å². The van der Waals surface area contributed by atoms with E-state index in [9.17, 15) is 9.90 Å². The minimum Gasteiger partial charge on any atom is -0.478 e. The fraction of sp³-hybridized carbons (Fsp3) is 0.222. The first kappa shape index (κ1) is 18.1. The van der Waals surface area contributed by atoms with Gasteiger partial charge in [0.1, 0.15) is -1.13 Å². The van der Waals surface area contributed by atoms with E-state index in [1.807, 2.05) is 12.1 Å². The minimum absolute atomic E-state index is 0.152. The molecule has 0 bridgehead atoms. The van der Waals surface area contributed by atoms with Crippen molar-refractivity contribution in [3.05, 3.63) is 34.9 Å². The summed E-state index contributed by atoms with van der Waals surface area (Å²) in [6.07, 6.45) is 0. The summed E-state index contributed by atoms with van der Waals surface area (Å²) in [6, 6.07) is 5.47. The topological polar surface area (TPSA) is 37.3 Å². The molecule has 2 nitrogen and oxygen atoms in total. The van der Waals surface area contributed by atoms with Gasteiger partial charge in [-0.15, -0.1) is 0 Å². The molecule has 0 saturated heterocycles. The molecule has 0 heterocycles. The summed E-state index contributed by atoms with van der Waals surface area (Å²) in [4.78, 5) is 11.3. The summed E-state index contributed by atoms with van der Waals surface area (Å²) in [7, 11) is 0. The summed E-state index contributed by atoms with van der Waals surface area (Å²) < 4.78 is -0.425. The van der Waals surface area contributed by atoms with E-state index in [2.05, 4.69) is 136 Å². The highest BCUT2D eigenvalue weighted by atomic mass is 127. The van der Waals surface area contributed by atoms with E-state index in [1.165, 1.54) is 0 Å². The molecule has 0 atom stereocenters. The van der Waals surface area contributed by atoms with Crippen molar-refractivity contribution in [1.82, 2.24) is 0 Å². The average Bonchev–Trinajstić information content (AvgIpc) is 2.13. The highest BCUT2D eigenvalue weighted by molar-refractivity contribution is 14.3. The van der Waals surface area contributed by atoms with Gasteiger partial charge in [0, 0.05) is 5.56 Å². The normalized spacial score (nSPS) is 12.6. The van der Waals surface area contributed by atoms with Crippen LogP contribution >= 0.6 is 136 Å². The Balaban J connectivity index is 3.64. The maximum Gasteiger partial charge on any atom is 0.336 e. The van der Waals surface area contributed by atoms with Crippen LogP contribution in [0.25, 0.3) is 0 Å². The van der Waals surface area contributed by atoms with Gasteiger partial charge in [-0.1, -0.05) is 12.1 Å². The van der Waals surface area contributed by atoms with Gasteiger partial charge in [-0.3, -0.25) is 0 Å². The van der Waals surface area contributed by atoms with Gasteiger partial charge in [-0.25, -0.2) is 4.79 Å². The van der Waals surface area contributed by atoms with E-state index >= 15 is 0 Å². The van der Waals surface area contributed by atoms with Crippen LogP contribution in [0.5, 0.6) is 0 Å². The first-order valence-electron chi connectivity index (χ1n) is 4.06. The zero-order chi connectivity index (χ0) is 13.4.